The number of anilines is 1. The third-order valence-electron chi connectivity index (χ3n) is 4.54. The molecule has 0 amide bonds. The maximum atomic E-state index is 12.7. The number of aromatic nitrogens is 2. The van der Waals surface area contributed by atoms with Gasteiger partial charge in [0.05, 0.1) is 0 Å². The first-order valence-corrected chi connectivity index (χ1v) is 7.54. The Hall–Kier alpha value is -1.37. The molecular weight excluding hydrogens is 293 g/mol. The van der Waals surface area contributed by atoms with Crippen molar-refractivity contribution in [1.29, 1.82) is 0 Å². The summed E-state index contributed by atoms with van der Waals surface area (Å²) in [5.74, 6) is 0.648. The number of nitrogens with one attached hydrogen (secondary N) is 1. The van der Waals surface area contributed by atoms with Gasteiger partial charge in [0.2, 0.25) is 5.95 Å². The highest BCUT2D eigenvalue weighted by atomic mass is 19.4. The lowest BCUT2D eigenvalue weighted by Crippen LogP contribution is -2.52. The molecule has 2 atom stereocenters. The first kappa shape index (κ1) is 17.0. The SMILES string of the molecule is CC1CCCC(CNc2nccc(C(F)(F)F)n2)(N(C)C)C1. The predicted octanol–water partition coefficient (Wildman–Crippen LogP) is 3.42. The Morgan fingerprint density at radius 2 is 2.14 bits per heavy atom. The zero-order chi connectivity index (χ0) is 16.4. The second-order valence-corrected chi connectivity index (χ2v) is 6.44. The van der Waals surface area contributed by atoms with E-state index < -0.39 is 11.9 Å². The number of hydrogen-bond donors (Lipinski definition) is 1. The third-order valence-corrected chi connectivity index (χ3v) is 4.54. The van der Waals surface area contributed by atoms with E-state index in [1.165, 1.54) is 6.42 Å². The molecule has 22 heavy (non-hydrogen) atoms. The van der Waals surface area contributed by atoms with Crippen molar-refractivity contribution in [2.75, 3.05) is 26.0 Å². The molecule has 1 saturated carbocycles. The molecule has 1 fully saturated rings. The quantitative estimate of drug-likeness (QED) is 0.924. The summed E-state index contributed by atoms with van der Waals surface area (Å²) in [7, 11) is 4.04. The van der Waals surface area contributed by atoms with E-state index in [0.29, 0.717) is 12.5 Å². The highest BCUT2D eigenvalue weighted by molar-refractivity contribution is 5.27. The fourth-order valence-corrected chi connectivity index (χ4v) is 3.20. The van der Waals surface area contributed by atoms with E-state index in [9.17, 15) is 13.2 Å². The Kier molecular flexibility index (Phi) is 4.94. The summed E-state index contributed by atoms with van der Waals surface area (Å²) in [5.41, 5.74) is -0.976. The maximum absolute atomic E-state index is 12.7. The lowest BCUT2D eigenvalue weighted by molar-refractivity contribution is -0.141. The lowest BCUT2D eigenvalue weighted by Gasteiger charge is -2.45. The molecule has 7 heteroatoms. The topological polar surface area (TPSA) is 41.1 Å². The van der Waals surface area contributed by atoms with Gasteiger partial charge in [-0.3, -0.25) is 0 Å². The largest absolute Gasteiger partial charge is 0.433 e. The molecule has 124 valence electrons. The minimum Gasteiger partial charge on any atom is -0.352 e. The highest BCUT2D eigenvalue weighted by Gasteiger charge is 2.37. The van der Waals surface area contributed by atoms with E-state index in [2.05, 4.69) is 27.1 Å². The maximum Gasteiger partial charge on any atom is 0.433 e. The number of likely N-dealkylation sites (N-methyl/N-ethyl adjacent to an activating group) is 1. The Bertz CT molecular complexity index is 504. The van der Waals surface area contributed by atoms with Gasteiger partial charge in [-0.25, -0.2) is 9.97 Å². The fourth-order valence-electron chi connectivity index (χ4n) is 3.20. The highest BCUT2D eigenvalue weighted by Crippen LogP contribution is 2.35. The van der Waals surface area contributed by atoms with Crippen molar-refractivity contribution in [1.82, 2.24) is 14.9 Å². The van der Waals surface area contributed by atoms with Crippen LogP contribution in [0.25, 0.3) is 0 Å². The third kappa shape index (κ3) is 3.88. The van der Waals surface area contributed by atoms with E-state index in [4.69, 9.17) is 0 Å². The van der Waals surface area contributed by atoms with Crippen LogP contribution in [-0.2, 0) is 6.18 Å². The first-order chi connectivity index (χ1) is 10.2. The number of alkyl halides is 3. The van der Waals surface area contributed by atoms with Gasteiger partial charge in [-0.05, 0) is 38.9 Å². The molecule has 1 heterocycles. The second kappa shape index (κ2) is 6.40. The van der Waals surface area contributed by atoms with Gasteiger partial charge in [-0.2, -0.15) is 13.2 Å². The van der Waals surface area contributed by atoms with Crippen molar-refractivity contribution in [2.24, 2.45) is 5.92 Å². The molecule has 0 aromatic carbocycles. The number of halogens is 3. The Morgan fingerprint density at radius 3 is 2.73 bits per heavy atom. The molecule has 2 unspecified atom stereocenters. The van der Waals surface area contributed by atoms with Gasteiger partial charge in [-0.15, -0.1) is 0 Å². The molecule has 4 nitrogen and oxygen atoms in total. The summed E-state index contributed by atoms with van der Waals surface area (Å²) in [6.07, 6.45) is 1.07. The van der Waals surface area contributed by atoms with Crippen LogP contribution in [0, 0.1) is 5.92 Å². The van der Waals surface area contributed by atoms with Crippen molar-refractivity contribution in [3.8, 4) is 0 Å². The van der Waals surface area contributed by atoms with Crippen LogP contribution < -0.4 is 5.32 Å². The number of hydrogen-bond acceptors (Lipinski definition) is 4. The van der Waals surface area contributed by atoms with Crippen LogP contribution in [0.15, 0.2) is 12.3 Å². The second-order valence-electron chi connectivity index (χ2n) is 6.44. The van der Waals surface area contributed by atoms with Crippen LogP contribution in [0.5, 0.6) is 0 Å². The van der Waals surface area contributed by atoms with Crippen LogP contribution in [-0.4, -0.2) is 41.0 Å². The summed E-state index contributed by atoms with van der Waals surface area (Å²) in [6, 6.07) is 0.885. The van der Waals surface area contributed by atoms with Crippen LogP contribution in [0.1, 0.15) is 38.3 Å². The molecule has 0 aliphatic heterocycles. The molecule has 1 aromatic rings. The van der Waals surface area contributed by atoms with Gasteiger partial charge in [0.25, 0.3) is 0 Å². The average molecular weight is 316 g/mol. The van der Waals surface area contributed by atoms with Gasteiger partial charge < -0.3 is 10.2 Å². The molecule has 2 rings (SSSR count). The van der Waals surface area contributed by atoms with Crippen molar-refractivity contribution in [3.05, 3.63) is 18.0 Å². The molecular formula is C15H23F3N4. The van der Waals surface area contributed by atoms with Gasteiger partial charge >= 0.3 is 6.18 Å². The minimum absolute atomic E-state index is 0.0364. The van der Waals surface area contributed by atoms with Crippen LogP contribution >= 0.6 is 0 Å². The van der Waals surface area contributed by atoms with E-state index in [1.54, 1.807) is 0 Å². The molecule has 1 aromatic heterocycles. The molecule has 1 aliphatic rings. The van der Waals surface area contributed by atoms with Crippen molar-refractivity contribution >= 4 is 5.95 Å². The predicted molar refractivity (Wildman–Crippen MR) is 79.6 cm³/mol. The number of rotatable bonds is 4. The Morgan fingerprint density at radius 1 is 1.41 bits per heavy atom. The summed E-state index contributed by atoms with van der Waals surface area (Å²) in [5, 5.41) is 3.01. The summed E-state index contributed by atoms with van der Waals surface area (Å²) < 4.78 is 38.1. The van der Waals surface area contributed by atoms with E-state index in [-0.39, 0.29) is 11.5 Å². The van der Waals surface area contributed by atoms with E-state index in [0.717, 1.165) is 31.5 Å². The van der Waals surface area contributed by atoms with Gasteiger partial charge in [0.1, 0.15) is 5.69 Å². The molecule has 0 radical (unpaired) electrons. The van der Waals surface area contributed by atoms with E-state index >= 15 is 0 Å². The Balaban J connectivity index is 2.10. The normalized spacial score (nSPS) is 26.2. The van der Waals surface area contributed by atoms with E-state index in [1.807, 2.05) is 14.1 Å². The van der Waals surface area contributed by atoms with Gasteiger partial charge in [0, 0.05) is 18.3 Å². The molecule has 0 bridgehead atoms. The summed E-state index contributed by atoms with van der Waals surface area (Å²) in [4.78, 5) is 9.65. The fraction of sp³-hybridized carbons (Fsp3) is 0.733. The molecule has 0 spiro atoms. The van der Waals surface area contributed by atoms with Crippen LogP contribution in [0.4, 0.5) is 19.1 Å². The Labute approximate surface area is 129 Å². The average Bonchev–Trinajstić information content (AvgIpc) is 2.44. The smallest absolute Gasteiger partial charge is 0.352 e. The van der Waals surface area contributed by atoms with Crippen molar-refractivity contribution in [3.63, 3.8) is 0 Å². The lowest BCUT2D eigenvalue weighted by atomic mass is 9.75. The van der Waals surface area contributed by atoms with Crippen LogP contribution in [0.3, 0.4) is 0 Å². The zero-order valence-corrected chi connectivity index (χ0v) is 13.2. The summed E-state index contributed by atoms with van der Waals surface area (Å²) >= 11 is 0. The molecule has 1 aliphatic carbocycles. The van der Waals surface area contributed by atoms with Crippen molar-refractivity contribution < 1.29 is 13.2 Å². The van der Waals surface area contributed by atoms with Gasteiger partial charge in [-0.1, -0.05) is 19.8 Å². The number of nitrogens with zero attached hydrogens (tertiary/aromatic N) is 3. The minimum atomic E-state index is -4.45. The van der Waals surface area contributed by atoms with Crippen molar-refractivity contribution in [2.45, 2.75) is 44.3 Å². The zero-order valence-electron chi connectivity index (χ0n) is 13.2. The van der Waals surface area contributed by atoms with Gasteiger partial charge in [0.15, 0.2) is 0 Å². The monoisotopic (exact) mass is 316 g/mol. The first-order valence-electron chi connectivity index (χ1n) is 7.54. The summed E-state index contributed by atoms with van der Waals surface area (Å²) in [6.45, 7) is 2.77. The van der Waals surface area contributed by atoms with Crippen LogP contribution in [0.2, 0.25) is 0 Å². The standard InChI is InChI=1S/C15H23F3N4/c1-11-5-4-7-14(9-11,22(2)3)10-20-13-19-8-6-12(21-13)15(16,17)18/h6,8,11H,4-5,7,9-10H2,1-3H3,(H,19,20,21). The molecule has 0 saturated heterocycles. The molecule has 1 N–H and O–H groups in total.